The number of rotatable bonds is 5. The average molecular weight is 472 g/mol. The molecular formula is C30H37N3O2. The minimum Gasteiger partial charge on any atom is -0.361 e. The minimum atomic E-state index is 0.0148. The molecule has 0 bridgehead atoms. The summed E-state index contributed by atoms with van der Waals surface area (Å²) >= 11 is 0. The van der Waals surface area contributed by atoms with Gasteiger partial charge in [0.15, 0.2) is 0 Å². The second-order valence-electron chi connectivity index (χ2n) is 10.6. The van der Waals surface area contributed by atoms with Crippen LogP contribution in [0.1, 0.15) is 81.5 Å². The molecule has 5 rings (SSSR count). The van der Waals surface area contributed by atoms with E-state index in [-0.39, 0.29) is 23.8 Å². The number of carbonyl (C=O) groups is 2. The summed E-state index contributed by atoms with van der Waals surface area (Å²) in [4.78, 5) is 29.1. The van der Waals surface area contributed by atoms with E-state index < -0.39 is 0 Å². The lowest BCUT2D eigenvalue weighted by molar-refractivity contribution is -0.122. The summed E-state index contributed by atoms with van der Waals surface area (Å²) in [6.07, 6.45) is 13.6. The number of H-pyrrole nitrogens is 1. The maximum absolute atomic E-state index is 13.0. The summed E-state index contributed by atoms with van der Waals surface area (Å²) in [5.74, 6) is 0.713. The van der Waals surface area contributed by atoms with E-state index in [1.807, 2.05) is 48.7 Å². The third kappa shape index (κ3) is 5.44. The van der Waals surface area contributed by atoms with Crippen molar-refractivity contribution in [2.45, 2.75) is 77.2 Å². The summed E-state index contributed by atoms with van der Waals surface area (Å²) in [5.41, 5.74) is 4.66. The number of hydrogen-bond acceptors (Lipinski definition) is 2. The second-order valence-corrected chi connectivity index (χ2v) is 10.6. The summed E-state index contributed by atoms with van der Waals surface area (Å²) in [6.45, 7) is 2.19. The lowest BCUT2D eigenvalue weighted by Crippen LogP contribution is -2.34. The molecule has 2 fully saturated rings. The van der Waals surface area contributed by atoms with Crippen LogP contribution in [0.5, 0.6) is 0 Å². The molecule has 0 radical (unpaired) electrons. The largest absolute Gasteiger partial charge is 0.361 e. The van der Waals surface area contributed by atoms with Crippen LogP contribution < -0.4 is 10.6 Å². The summed E-state index contributed by atoms with van der Waals surface area (Å²) < 4.78 is 0. The predicted octanol–water partition coefficient (Wildman–Crippen LogP) is 7.05. The molecule has 2 amide bonds. The Hall–Kier alpha value is -3.08. The molecule has 5 nitrogen and oxygen atoms in total. The maximum atomic E-state index is 13.0. The molecule has 2 atom stereocenters. The standard InChI is InChI=1S/C30H37N3O2/c1-20-8-6-7-11-25(20)30(35)33-24-15-12-21(13-16-24)27-19-31-28-17-14-22(18-26(27)28)29(34)32-23-9-4-2-3-5-10-23/h12-20,23,25,31H,2-11H2,1H3,(H,32,34)(H,33,35). The highest BCUT2D eigenvalue weighted by Crippen LogP contribution is 2.32. The van der Waals surface area contributed by atoms with Crippen molar-refractivity contribution in [3.63, 3.8) is 0 Å². The van der Waals surface area contributed by atoms with Gasteiger partial charge in [-0.3, -0.25) is 9.59 Å². The van der Waals surface area contributed by atoms with Crippen LogP contribution in [0.2, 0.25) is 0 Å². The zero-order chi connectivity index (χ0) is 24.2. The molecule has 3 N–H and O–H groups in total. The number of aromatic amines is 1. The normalized spacial score (nSPS) is 21.4. The van der Waals surface area contributed by atoms with Crippen molar-refractivity contribution in [2.24, 2.45) is 11.8 Å². The Labute approximate surface area is 208 Å². The van der Waals surface area contributed by atoms with E-state index in [2.05, 4.69) is 22.5 Å². The van der Waals surface area contributed by atoms with Crippen molar-refractivity contribution in [3.8, 4) is 11.1 Å². The Morgan fingerprint density at radius 2 is 1.57 bits per heavy atom. The smallest absolute Gasteiger partial charge is 0.251 e. The Kier molecular flexibility index (Phi) is 7.21. The quantitative estimate of drug-likeness (QED) is 0.349. The third-order valence-electron chi connectivity index (χ3n) is 8.05. The highest BCUT2D eigenvalue weighted by molar-refractivity contribution is 6.03. The lowest BCUT2D eigenvalue weighted by atomic mass is 9.80. The summed E-state index contributed by atoms with van der Waals surface area (Å²) in [7, 11) is 0. The highest BCUT2D eigenvalue weighted by Gasteiger charge is 2.27. The van der Waals surface area contributed by atoms with E-state index in [9.17, 15) is 9.59 Å². The summed E-state index contributed by atoms with van der Waals surface area (Å²) in [6, 6.07) is 14.2. The number of anilines is 1. The van der Waals surface area contributed by atoms with Crippen molar-refractivity contribution >= 4 is 28.4 Å². The van der Waals surface area contributed by atoms with Gasteiger partial charge in [-0.05, 0) is 67.5 Å². The Morgan fingerprint density at radius 1 is 0.857 bits per heavy atom. The lowest BCUT2D eigenvalue weighted by Gasteiger charge is -2.27. The number of nitrogens with one attached hydrogen (secondary N) is 3. The van der Waals surface area contributed by atoms with Gasteiger partial charge in [0, 0.05) is 45.9 Å². The fourth-order valence-electron chi connectivity index (χ4n) is 5.87. The first kappa shape index (κ1) is 23.7. The molecule has 0 aliphatic heterocycles. The van der Waals surface area contributed by atoms with E-state index in [0.717, 1.165) is 59.8 Å². The van der Waals surface area contributed by atoms with Crippen molar-refractivity contribution < 1.29 is 9.59 Å². The van der Waals surface area contributed by atoms with Crippen molar-refractivity contribution in [1.29, 1.82) is 0 Å². The molecule has 3 aromatic rings. The first-order valence-electron chi connectivity index (χ1n) is 13.4. The highest BCUT2D eigenvalue weighted by atomic mass is 16.2. The third-order valence-corrected chi connectivity index (χ3v) is 8.05. The van der Waals surface area contributed by atoms with Gasteiger partial charge in [0.05, 0.1) is 0 Å². The van der Waals surface area contributed by atoms with Gasteiger partial charge in [-0.25, -0.2) is 0 Å². The van der Waals surface area contributed by atoms with Crippen LogP contribution in [-0.2, 0) is 4.79 Å². The first-order valence-corrected chi connectivity index (χ1v) is 13.4. The molecule has 2 saturated carbocycles. The van der Waals surface area contributed by atoms with Crippen LogP contribution in [0.4, 0.5) is 5.69 Å². The van der Waals surface area contributed by atoms with Gasteiger partial charge in [0.2, 0.25) is 5.91 Å². The molecule has 35 heavy (non-hydrogen) atoms. The van der Waals surface area contributed by atoms with E-state index in [1.165, 1.54) is 32.1 Å². The molecular weight excluding hydrogens is 434 g/mol. The average Bonchev–Trinajstić information content (AvgIpc) is 3.12. The van der Waals surface area contributed by atoms with Crippen LogP contribution in [0.25, 0.3) is 22.0 Å². The van der Waals surface area contributed by atoms with Gasteiger partial charge >= 0.3 is 0 Å². The molecule has 1 heterocycles. The molecule has 2 aliphatic rings. The van der Waals surface area contributed by atoms with Crippen molar-refractivity contribution in [2.75, 3.05) is 5.32 Å². The topological polar surface area (TPSA) is 74.0 Å². The monoisotopic (exact) mass is 471 g/mol. The van der Waals surface area contributed by atoms with E-state index in [1.54, 1.807) is 0 Å². The molecule has 0 saturated heterocycles. The Bertz CT molecular complexity index is 1170. The fraction of sp³-hybridized carbons (Fsp3) is 0.467. The minimum absolute atomic E-state index is 0.0148. The van der Waals surface area contributed by atoms with Crippen LogP contribution in [0.3, 0.4) is 0 Å². The number of amides is 2. The number of carbonyl (C=O) groups excluding carboxylic acids is 2. The number of fused-ring (bicyclic) bond motifs is 1. The van der Waals surface area contributed by atoms with Gasteiger partial charge in [-0.1, -0.05) is 57.6 Å². The van der Waals surface area contributed by atoms with Crippen LogP contribution >= 0.6 is 0 Å². The van der Waals surface area contributed by atoms with E-state index >= 15 is 0 Å². The van der Waals surface area contributed by atoms with E-state index in [4.69, 9.17) is 0 Å². The molecule has 0 spiro atoms. The Balaban J connectivity index is 1.30. The Morgan fingerprint density at radius 3 is 2.31 bits per heavy atom. The van der Waals surface area contributed by atoms with Gasteiger partial charge in [0.25, 0.3) is 5.91 Å². The molecule has 184 valence electrons. The molecule has 2 unspecified atom stereocenters. The SMILES string of the molecule is CC1CCCCC1C(=O)Nc1ccc(-c2c[nH]c3ccc(C(=O)NC4CCCCCC4)cc23)cc1. The van der Waals surface area contributed by atoms with Crippen LogP contribution in [0.15, 0.2) is 48.7 Å². The maximum Gasteiger partial charge on any atom is 0.251 e. The number of hydrogen-bond donors (Lipinski definition) is 3. The summed E-state index contributed by atoms with van der Waals surface area (Å²) in [5, 5.41) is 7.41. The van der Waals surface area contributed by atoms with Crippen LogP contribution in [-0.4, -0.2) is 22.8 Å². The molecule has 1 aromatic heterocycles. The fourth-order valence-corrected chi connectivity index (χ4v) is 5.87. The number of benzene rings is 2. The van der Waals surface area contributed by atoms with E-state index in [0.29, 0.717) is 11.5 Å². The van der Waals surface area contributed by atoms with Gasteiger partial charge in [-0.15, -0.1) is 0 Å². The zero-order valence-corrected chi connectivity index (χ0v) is 20.7. The van der Waals surface area contributed by atoms with Gasteiger partial charge in [-0.2, -0.15) is 0 Å². The second kappa shape index (κ2) is 10.7. The van der Waals surface area contributed by atoms with Gasteiger partial charge < -0.3 is 15.6 Å². The molecule has 2 aliphatic carbocycles. The molecule has 5 heteroatoms. The first-order chi connectivity index (χ1) is 17.1. The van der Waals surface area contributed by atoms with Gasteiger partial charge in [0.1, 0.15) is 0 Å². The van der Waals surface area contributed by atoms with Crippen LogP contribution in [0, 0.1) is 11.8 Å². The zero-order valence-electron chi connectivity index (χ0n) is 20.7. The number of aromatic nitrogens is 1. The van der Waals surface area contributed by atoms with Crippen molar-refractivity contribution in [3.05, 3.63) is 54.2 Å². The molecule has 2 aromatic carbocycles. The predicted molar refractivity (Wildman–Crippen MR) is 142 cm³/mol. The van der Waals surface area contributed by atoms with Crippen molar-refractivity contribution in [1.82, 2.24) is 10.3 Å².